The Labute approximate surface area is 85.9 Å². The molecule has 0 aliphatic heterocycles. The molecule has 1 heterocycles. The van der Waals surface area contributed by atoms with Gasteiger partial charge in [-0.25, -0.2) is 0 Å². The summed E-state index contributed by atoms with van der Waals surface area (Å²) >= 11 is 0. The lowest BCUT2D eigenvalue weighted by molar-refractivity contribution is 0.827. The summed E-state index contributed by atoms with van der Waals surface area (Å²) in [4.78, 5) is 4.33. The summed E-state index contributed by atoms with van der Waals surface area (Å²) in [5.41, 5.74) is 9.49. The van der Waals surface area contributed by atoms with Gasteiger partial charge in [-0.15, -0.1) is 0 Å². The van der Waals surface area contributed by atoms with Crippen LogP contribution in [-0.4, -0.2) is 4.98 Å². The monoisotopic (exact) mass is 190 g/mol. The highest BCUT2D eigenvalue weighted by Gasteiger charge is 2.07. The Morgan fingerprint density at radius 3 is 2.86 bits per heavy atom. The molecule has 0 aliphatic carbocycles. The summed E-state index contributed by atoms with van der Waals surface area (Å²) in [6.45, 7) is 6.22. The number of nitrogens with two attached hydrogens (primary N) is 1. The smallest absolute Gasteiger partial charge is 0.0661 e. The van der Waals surface area contributed by atoms with Crippen LogP contribution < -0.4 is 5.73 Å². The number of hydrogen-bond acceptors (Lipinski definition) is 2. The fourth-order valence-corrected chi connectivity index (χ4v) is 1.49. The predicted molar refractivity (Wildman–Crippen MR) is 60.0 cm³/mol. The highest BCUT2D eigenvalue weighted by molar-refractivity contribution is 5.26. The van der Waals surface area contributed by atoms with Crippen LogP contribution in [0.5, 0.6) is 0 Å². The number of rotatable bonds is 3. The van der Waals surface area contributed by atoms with Crippen LogP contribution in [0.25, 0.3) is 0 Å². The topological polar surface area (TPSA) is 38.9 Å². The number of aromatic nitrogens is 1. The standard InChI is InChI=1S/C12H18N2/c1-4-10-6-5-7-14-12(10)11(13)8-9(2)3/h5-8,11H,4,13H2,1-3H3. The molecule has 2 nitrogen and oxygen atoms in total. The van der Waals surface area contributed by atoms with Crippen LogP contribution in [0.3, 0.4) is 0 Å². The zero-order chi connectivity index (χ0) is 10.6. The van der Waals surface area contributed by atoms with Crippen LogP contribution in [0, 0.1) is 0 Å². The summed E-state index contributed by atoms with van der Waals surface area (Å²) in [7, 11) is 0. The van der Waals surface area contributed by atoms with Crippen molar-refractivity contribution >= 4 is 0 Å². The van der Waals surface area contributed by atoms with Gasteiger partial charge in [0.25, 0.3) is 0 Å². The Balaban J connectivity index is 2.99. The van der Waals surface area contributed by atoms with Gasteiger partial charge in [0.1, 0.15) is 0 Å². The van der Waals surface area contributed by atoms with Gasteiger partial charge in [0, 0.05) is 6.20 Å². The van der Waals surface area contributed by atoms with Gasteiger partial charge in [-0.3, -0.25) is 4.98 Å². The van der Waals surface area contributed by atoms with E-state index in [1.807, 2.05) is 12.1 Å². The molecule has 0 saturated carbocycles. The van der Waals surface area contributed by atoms with E-state index in [0.717, 1.165) is 12.1 Å². The molecule has 2 N–H and O–H groups in total. The van der Waals surface area contributed by atoms with Gasteiger partial charge in [-0.05, 0) is 31.9 Å². The van der Waals surface area contributed by atoms with Gasteiger partial charge in [-0.1, -0.05) is 24.6 Å². The second kappa shape index (κ2) is 4.91. The van der Waals surface area contributed by atoms with E-state index in [2.05, 4.69) is 31.8 Å². The first kappa shape index (κ1) is 10.9. The van der Waals surface area contributed by atoms with Gasteiger partial charge in [0.15, 0.2) is 0 Å². The third kappa shape index (κ3) is 2.67. The molecule has 0 bridgehead atoms. The number of allylic oxidation sites excluding steroid dienone is 1. The molecule has 0 saturated heterocycles. The van der Waals surface area contributed by atoms with Crippen molar-refractivity contribution in [3.8, 4) is 0 Å². The normalized spacial score (nSPS) is 12.3. The second-order valence-electron chi connectivity index (χ2n) is 3.67. The molecule has 2 heteroatoms. The van der Waals surface area contributed by atoms with Gasteiger partial charge in [0.2, 0.25) is 0 Å². The molecular formula is C12H18N2. The summed E-state index contributed by atoms with van der Waals surface area (Å²) in [6, 6.07) is 3.97. The van der Waals surface area contributed by atoms with Crippen LogP contribution in [0.15, 0.2) is 30.0 Å². The van der Waals surface area contributed by atoms with Gasteiger partial charge in [0.05, 0.1) is 11.7 Å². The van der Waals surface area contributed by atoms with Gasteiger partial charge >= 0.3 is 0 Å². The average molecular weight is 190 g/mol. The largest absolute Gasteiger partial charge is 0.319 e. The molecule has 0 aliphatic rings. The highest BCUT2D eigenvalue weighted by Crippen LogP contribution is 2.15. The molecule has 1 unspecified atom stereocenters. The fourth-order valence-electron chi connectivity index (χ4n) is 1.49. The van der Waals surface area contributed by atoms with Crippen molar-refractivity contribution in [3.05, 3.63) is 41.2 Å². The maximum Gasteiger partial charge on any atom is 0.0661 e. The van der Waals surface area contributed by atoms with E-state index >= 15 is 0 Å². The van der Waals surface area contributed by atoms with Crippen LogP contribution in [0.4, 0.5) is 0 Å². The third-order valence-corrected chi connectivity index (χ3v) is 2.14. The van der Waals surface area contributed by atoms with Crippen molar-refractivity contribution in [2.75, 3.05) is 0 Å². The summed E-state index contributed by atoms with van der Waals surface area (Å²) in [5.74, 6) is 0. The number of hydrogen-bond donors (Lipinski definition) is 1. The van der Waals surface area contributed by atoms with E-state index < -0.39 is 0 Å². The molecule has 1 aromatic rings. The molecule has 1 aromatic heterocycles. The maximum atomic E-state index is 6.03. The Morgan fingerprint density at radius 2 is 2.29 bits per heavy atom. The molecule has 0 fully saturated rings. The second-order valence-corrected chi connectivity index (χ2v) is 3.67. The van der Waals surface area contributed by atoms with Crippen molar-refractivity contribution in [1.29, 1.82) is 0 Å². The van der Waals surface area contributed by atoms with E-state index in [0.29, 0.717) is 0 Å². The van der Waals surface area contributed by atoms with Crippen molar-refractivity contribution in [1.82, 2.24) is 4.98 Å². The summed E-state index contributed by atoms with van der Waals surface area (Å²) in [6.07, 6.45) is 4.82. The minimum atomic E-state index is -0.0730. The summed E-state index contributed by atoms with van der Waals surface area (Å²) in [5, 5.41) is 0. The maximum absolute atomic E-state index is 6.03. The van der Waals surface area contributed by atoms with E-state index in [1.54, 1.807) is 6.20 Å². The van der Waals surface area contributed by atoms with Gasteiger partial charge in [-0.2, -0.15) is 0 Å². The molecule has 1 rings (SSSR count). The number of nitrogens with zero attached hydrogens (tertiary/aromatic N) is 1. The van der Waals surface area contributed by atoms with Gasteiger partial charge < -0.3 is 5.73 Å². The fraction of sp³-hybridized carbons (Fsp3) is 0.417. The van der Waals surface area contributed by atoms with Crippen LogP contribution in [0.2, 0.25) is 0 Å². The first-order valence-electron chi connectivity index (χ1n) is 4.99. The van der Waals surface area contributed by atoms with Crippen molar-refractivity contribution in [3.63, 3.8) is 0 Å². The first-order valence-corrected chi connectivity index (χ1v) is 4.99. The van der Waals surface area contributed by atoms with Crippen LogP contribution in [-0.2, 0) is 6.42 Å². The van der Waals surface area contributed by atoms with E-state index in [-0.39, 0.29) is 6.04 Å². The number of aryl methyl sites for hydroxylation is 1. The minimum absolute atomic E-state index is 0.0730. The lowest BCUT2D eigenvalue weighted by Crippen LogP contribution is -2.12. The van der Waals surface area contributed by atoms with E-state index in [9.17, 15) is 0 Å². The lowest BCUT2D eigenvalue weighted by atomic mass is 10.0. The van der Waals surface area contributed by atoms with Crippen LogP contribution >= 0.6 is 0 Å². The zero-order valence-electron chi connectivity index (χ0n) is 9.12. The Morgan fingerprint density at radius 1 is 1.57 bits per heavy atom. The average Bonchev–Trinajstić information content (AvgIpc) is 2.16. The Hall–Kier alpha value is -1.15. The SMILES string of the molecule is CCc1cccnc1C(N)C=C(C)C. The lowest BCUT2D eigenvalue weighted by Gasteiger charge is -2.11. The minimum Gasteiger partial charge on any atom is -0.319 e. The van der Waals surface area contributed by atoms with Crippen molar-refractivity contribution in [2.45, 2.75) is 33.2 Å². The molecule has 0 aromatic carbocycles. The molecule has 1 atom stereocenters. The van der Waals surface area contributed by atoms with Crippen LogP contribution in [0.1, 0.15) is 38.1 Å². The Bertz CT molecular complexity index is 325. The van der Waals surface area contributed by atoms with Crippen molar-refractivity contribution in [2.24, 2.45) is 5.73 Å². The Kier molecular flexibility index (Phi) is 3.84. The quantitative estimate of drug-likeness (QED) is 0.744. The van der Waals surface area contributed by atoms with E-state index in [1.165, 1.54) is 11.1 Å². The van der Waals surface area contributed by atoms with Crippen molar-refractivity contribution < 1.29 is 0 Å². The highest BCUT2D eigenvalue weighted by atomic mass is 14.8. The molecule has 0 radical (unpaired) electrons. The van der Waals surface area contributed by atoms with E-state index in [4.69, 9.17) is 5.73 Å². The zero-order valence-corrected chi connectivity index (χ0v) is 9.12. The summed E-state index contributed by atoms with van der Waals surface area (Å²) < 4.78 is 0. The molecule has 14 heavy (non-hydrogen) atoms. The first-order chi connectivity index (χ1) is 6.65. The molecule has 76 valence electrons. The number of pyridine rings is 1. The third-order valence-electron chi connectivity index (χ3n) is 2.14. The molecule has 0 spiro atoms. The predicted octanol–water partition coefficient (Wildman–Crippen LogP) is 2.61. The molecular weight excluding hydrogens is 172 g/mol. The molecule has 0 amide bonds.